The van der Waals surface area contributed by atoms with E-state index in [-0.39, 0.29) is 35.5 Å². The van der Waals surface area contributed by atoms with E-state index < -0.39 is 51.7 Å². The fraction of sp³-hybridized carbons (Fsp3) is 0.767. The first-order valence-corrected chi connectivity index (χ1v) is 13.9. The van der Waals surface area contributed by atoms with Crippen molar-refractivity contribution in [3.63, 3.8) is 0 Å². The number of aliphatic hydroxyl groups excluding tert-OH is 1. The van der Waals surface area contributed by atoms with Crippen molar-refractivity contribution in [2.75, 3.05) is 0 Å². The van der Waals surface area contributed by atoms with Crippen LogP contribution in [-0.4, -0.2) is 52.8 Å². The van der Waals surface area contributed by atoms with Gasteiger partial charge in [0.1, 0.15) is 23.9 Å². The number of Topliss-reactive ketones (excluding diaryl/α,β-unsaturated/α-hetero) is 1. The summed E-state index contributed by atoms with van der Waals surface area (Å²) in [6.07, 6.45) is 3.28. The van der Waals surface area contributed by atoms with Gasteiger partial charge in [-0.05, 0) is 42.6 Å². The van der Waals surface area contributed by atoms with Crippen molar-refractivity contribution in [1.29, 1.82) is 0 Å². The van der Waals surface area contributed by atoms with Gasteiger partial charge < -0.3 is 23.7 Å². The maximum absolute atomic E-state index is 13.9. The van der Waals surface area contributed by atoms with Crippen molar-refractivity contribution >= 4 is 17.7 Å². The van der Waals surface area contributed by atoms with E-state index in [1.165, 1.54) is 13.8 Å². The second kappa shape index (κ2) is 7.72. The molecule has 1 spiro atoms. The fourth-order valence-electron chi connectivity index (χ4n) is 10.5. The molecule has 1 aromatic heterocycles. The monoisotopic (exact) mass is 528 g/mol. The highest BCUT2D eigenvalue weighted by atomic mass is 16.6. The summed E-state index contributed by atoms with van der Waals surface area (Å²) in [5.41, 5.74) is -2.23. The Morgan fingerprint density at radius 2 is 1.66 bits per heavy atom. The maximum Gasteiger partial charge on any atom is 0.302 e. The standard InChI is InChI=1S/C30H40O8/c1-15(31)36-21-13-20(33)26(3,4)19-12-22(37-16(2)32)29(7)18(28(19,21)6)8-10-27(5)23(17-9-11-35-14-17)24(34)25-30(27,29)38-25/h9,11,14,18-23,25,33H,8,10,12-13H2,1-7H3/t18-,19+,20-,21+,22+,23+,25+,27-,28-,29+,30+/m1/s1. The van der Waals surface area contributed by atoms with E-state index >= 15 is 0 Å². The summed E-state index contributed by atoms with van der Waals surface area (Å²) in [6, 6.07) is 1.87. The normalized spacial score (nSPS) is 50.2. The Bertz CT molecular complexity index is 1190. The van der Waals surface area contributed by atoms with Crippen LogP contribution < -0.4 is 0 Å². The van der Waals surface area contributed by atoms with Crippen LogP contribution in [0.2, 0.25) is 0 Å². The predicted molar refractivity (Wildman–Crippen MR) is 135 cm³/mol. The molecule has 5 fully saturated rings. The van der Waals surface area contributed by atoms with Crippen LogP contribution in [-0.2, 0) is 28.6 Å². The lowest BCUT2D eigenvalue weighted by atomic mass is 9.35. The van der Waals surface area contributed by atoms with Gasteiger partial charge in [0.15, 0.2) is 5.78 Å². The summed E-state index contributed by atoms with van der Waals surface area (Å²) >= 11 is 0. The number of esters is 2. The highest BCUT2D eigenvalue weighted by Gasteiger charge is 2.90. The molecule has 4 saturated carbocycles. The lowest BCUT2D eigenvalue weighted by molar-refractivity contribution is -0.288. The molecule has 1 N–H and O–H groups in total. The van der Waals surface area contributed by atoms with E-state index in [9.17, 15) is 19.5 Å². The maximum atomic E-state index is 13.9. The van der Waals surface area contributed by atoms with Crippen LogP contribution in [0.4, 0.5) is 0 Å². The quantitative estimate of drug-likeness (QED) is 0.459. The van der Waals surface area contributed by atoms with Gasteiger partial charge in [0.2, 0.25) is 0 Å². The van der Waals surface area contributed by atoms with Gasteiger partial charge in [-0.1, -0.05) is 34.6 Å². The summed E-state index contributed by atoms with van der Waals surface area (Å²) in [5, 5.41) is 11.3. The van der Waals surface area contributed by atoms with Crippen molar-refractivity contribution in [3.05, 3.63) is 24.2 Å². The number of fused-ring (bicyclic) bond motifs is 3. The number of rotatable bonds is 3. The summed E-state index contributed by atoms with van der Waals surface area (Å²) in [6.45, 7) is 13.4. The molecule has 208 valence electrons. The highest BCUT2D eigenvalue weighted by Crippen LogP contribution is 2.82. The molecule has 5 aliphatic rings. The van der Waals surface area contributed by atoms with Crippen molar-refractivity contribution in [3.8, 4) is 0 Å². The first-order chi connectivity index (χ1) is 17.7. The molecule has 8 nitrogen and oxygen atoms in total. The fourth-order valence-corrected chi connectivity index (χ4v) is 10.5. The largest absolute Gasteiger partial charge is 0.472 e. The minimum Gasteiger partial charge on any atom is -0.472 e. The Morgan fingerprint density at radius 3 is 2.26 bits per heavy atom. The van der Waals surface area contributed by atoms with Crippen LogP contribution in [0.5, 0.6) is 0 Å². The molecule has 0 aromatic carbocycles. The molecule has 8 heteroatoms. The number of aliphatic hydroxyl groups is 1. The first kappa shape index (κ1) is 26.1. The van der Waals surface area contributed by atoms with Gasteiger partial charge in [-0.25, -0.2) is 0 Å². The molecule has 1 saturated heterocycles. The third-order valence-electron chi connectivity index (χ3n) is 12.1. The van der Waals surface area contributed by atoms with Gasteiger partial charge in [-0.3, -0.25) is 14.4 Å². The van der Waals surface area contributed by atoms with E-state index in [0.29, 0.717) is 12.8 Å². The zero-order valence-corrected chi connectivity index (χ0v) is 23.4. The number of carbonyl (C=O) groups excluding carboxylic acids is 3. The Hall–Kier alpha value is -2.19. The summed E-state index contributed by atoms with van der Waals surface area (Å²) in [5.74, 6) is -1.23. The van der Waals surface area contributed by atoms with E-state index in [4.69, 9.17) is 18.6 Å². The second-order valence-electron chi connectivity index (χ2n) is 13.8. The molecule has 1 aromatic rings. The molecule has 2 heterocycles. The SMILES string of the molecule is CC(=O)O[C@H]1C[C@@H](O)C(C)(C)[C@@H]2C[C@H](OC(C)=O)[C@]3(C)[C@H](CC[C@]4(C)[C@@H](c5ccoc5)C(=O)[C@@H]5O[C@]534)[C@@]12C. The Balaban J connectivity index is 1.54. The molecule has 1 aliphatic heterocycles. The highest BCUT2D eigenvalue weighted by molar-refractivity contribution is 5.98. The van der Waals surface area contributed by atoms with E-state index in [1.54, 1.807) is 12.5 Å². The third kappa shape index (κ3) is 2.81. The Labute approximate surface area is 223 Å². The second-order valence-corrected chi connectivity index (χ2v) is 13.8. The summed E-state index contributed by atoms with van der Waals surface area (Å²) < 4.78 is 24.1. The summed E-state index contributed by atoms with van der Waals surface area (Å²) in [4.78, 5) is 38.8. The van der Waals surface area contributed by atoms with Crippen LogP contribution in [0.3, 0.4) is 0 Å². The van der Waals surface area contributed by atoms with Crippen LogP contribution in [0.15, 0.2) is 23.0 Å². The first-order valence-electron chi connectivity index (χ1n) is 13.9. The number of ketones is 1. The van der Waals surface area contributed by atoms with E-state index in [2.05, 4.69) is 34.6 Å². The van der Waals surface area contributed by atoms with E-state index in [1.807, 2.05) is 6.07 Å². The van der Waals surface area contributed by atoms with Gasteiger partial charge in [0.25, 0.3) is 0 Å². The number of hydrogen-bond donors (Lipinski definition) is 1. The molecule has 0 amide bonds. The molecule has 0 radical (unpaired) electrons. The molecule has 4 aliphatic carbocycles. The third-order valence-corrected chi connectivity index (χ3v) is 12.1. The lowest BCUT2D eigenvalue weighted by Gasteiger charge is -2.70. The zero-order valence-electron chi connectivity index (χ0n) is 23.4. The van der Waals surface area contributed by atoms with Crippen molar-refractivity contribution in [2.24, 2.45) is 33.5 Å². The molecule has 11 atom stereocenters. The molecule has 38 heavy (non-hydrogen) atoms. The van der Waals surface area contributed by atoms with Crippen molar-refractivity contribution < 1.29 is 38.1 Å². The summed E-state index contributed by atoms with van der Waals surface area (Å²) in [7, 11) is 0. The van der Waals surface area contributed by atoms with Crippen LogP contribution in [0.1, 0.15) is 85.6 Å². The molecular weight excluding hydrogens is 488 g/mol. The number of carbonyl (C=O) groups is 3. The van der Waals surface area contributed by atoms with Gasteiger partial charge in [0, 0.05) is 42.1 Å². The smallest absolute Gasteiger partial charge is 0.302 e. The Kier molecular flexibility index (Phi) is 5.29. The van der Waals surface area contributed by atoms with Crippen LogP contribution in [0, 0.1) is 33.5 Å². The number of furan rings is 1. The minimum absolute atomic E-state index is 0.0561. The van der Waals surface area contributed by atoms with Crippen molar-refractivity contribution in [2.45, 2.75) is 110 Å². The number of epoxide rings is 1. The average Bonchev–Trinajstić information content (AvgIpc) is 3.30. The van der Waals surface area contributed by atoms with Gasteiger partial charge in [-0.2, -0.15) is 0 Å². The zero-order chi connectivity index (χ0) is 27.6. The van der Waals surface area contributed by atoms with Crippen LogP contribution >= 0.6 is 0 Å². The predicted octanol–water partition coefficient (Wildman–Crippen LogP) is 4.19. The van der Waals surface area contributed by atoms with Crippen molar-refractivity contribution in [1.82, 2.24) is 0 Å². The Morgan fingerprint density at radius 1 is 1.00 bits per heavy atom. The lowest BCUT2D eigenvalue weighted by Crippen LogP contribution is -2.74. The average molecular weight is 529 g/mol. The molecule has 0 bridgehead atoms. The topological polar surface area (TPSA) is 116 Å². The minimum atomic E-state index is -0.822. The number of hydrogen-bond acceptors (Lipinski definition) is 8. The van der Waals surface area contributed by atoms with Gasteiger partial charge in [0.05, 0.1) is 24.5 Å². The number of ether oxygens (including phenoxy) is 3. The molecular formula is C30H40O8. The van der Waals surface area contributed by atoms with Gasteiger partial charge >= 0.3 is 11.9 Å². The van der Waals surface area contributed by atoms with Crippen LogP contribution in [0.25, 0.3) is 0 Å². The molecule has 0 unspecified atom stereocenters. The van der Waals surface area contributed by atoms with E-state index in [0.717, 1.165) is 18.4 Å². The molecule has 6 rings (SSSR count). The van der Waals surface area contributed by atoms with Gasteiger partial charge in [-0.15, -0.1) is 0 Å².